The molecule has 0 amide bonds. The number of aromatic amines is 1. The van der Waals surface area contributed by atoms with Crippen LogP contribution in [0, 0.1) is 11.3 Å². The van der Waals surface area contributed by atoms with Crippen molar-refractivity contribution in [2.45, 2.75) is 51.3 Å². The van der Waals surface area contributed by atoms with Crippen molar-refractivity contribution in [1.29, 1.82) is 5.26 Å². The van der Waals surface area contributed by atoms with Gasteiger partial charge in [-0.3, -0.25) is 9.69 Å². The first-order valence-corrected chi connectivity index (χ1v) is 12.0. The molecule has 1 N–H and O–H groups in total. The number of ether oxygens (including phenoxy) is 1. The van der Waals surface area contributed by atoms with Gasteiger partial charge >= 0.3 is 0 Å². The Morgan fingerprint density at radius 3 is 2.75 bits per heavy atom. The van der Waals surface area contributed by atoms with Gasteiger partial charge < -0.3 is 14.6 Å². The van der Waals surface area contributed by atoms with E-state index in [4.69, 9.17) is 17.1 Å². The number of rotatable bonds is 3. The third kappa shape index (κ3) is 3.56. The predicted octanol–water partition coefficient (Wildman–Crippen LogP) is 4.77. The number of carbonyl (C=O) groups excluding carboxylic acids is 1. The van der Waals surface area contributed by atoms with Crippen LogP contribution in [0.25, 0.3) is 10.9 Å². The zero-order chi connectivity index (χ0) is 33.8. The van der Waals surface area contributed by atoms with Crippen LogP contribution in [0.1, 0.15) is 85.5 Å². The Kier molecular flexibility index (Phi) is 3.54. The highest BCUT2D eigenvalue weighted by Crippen LogP contribution is 2.46. The molecule has 0 unspecified atom stereocenters. The molecule has 3 aromatic rings. The number of nitrogens with zero attached hydrogens (tertiary/aromatic N) is 3. The van der Waals surface area contributed by atoms with Crippen LogP contribution in [0.2, 0.25) is 0 Å². The molecule has 3 heterocycles. The van der Waals surface area contributed by atoms with Crippen molar-refractivity contribution in [2.24, 2.45) is 0 Å². The molecule has 1 aliphatic carbocycles. The Bertz CT molecular complexity index is 1780. The fourth-order valence-electron chi connectivity index (χ4n) is 5.33. The first kappa shape index (κ1) is 14.6. The van der Waals surface area contributed by atoms with Crippen LogP contribution in [0.4, 0.5) is 5.69 Å². The molecular weight excluding hydrogens is 448 g/mol. The Morgan fingerprint density at radius 2 is 2.03 bits per heavy atom. The molecule has 2 aromatic carbocycles. The van der Waals surface area contributed by atoms with Gasteiger partial charge in [0, 0.05) is 79.1 Å². The number of benzene rings is 2. The van der Waals surface area contributed by atoms with Crippen molar-refractivity contribution < 1.29 is 23.2 Å². The monoisotopic (exact) mass is 492 g/mol. The summed E-state index contributed by atoms with van der Waals surface area (Å²) in [5.41, 5.74) is 1.57. The number of nitrogens with one attached hydrogen (secondary N) is 1. The maximum Gasteiger partial charge on any atom is 0.195 e. The summed E-state index contributed by atoms with van der Waals surface area (Å²) in [5.74, 6) is -0.356. The largest absolute Gasteiger partial charge is 0.379 e. The number of hydrogen-bond donors (Lipinski definition) is 1. The number of carbonyl (C=O) groups is 1. The lowest BCUT2D eigenvalue weighted by Gasteiger charge is -2.42. The zero-order valence-electron chi connectivity index (χ0n) is 30.3. The molecular formula is C30H34N4O2. The number of fused-ring (bicyclic) bond motifs is 4. The van der Waals surface area contributed by atoms with Crippen LogP contribution in [0.15, 0.2) is 30.3 Å². The summed E-state index contributed by atoms with van der Waals surface area (Å²) in [6, 6.07) is 6.95. The topological polar surface area (TPSA) is 72.4 Å². The van der Waals surface area contributed by atoms with Gasteiger partial charge in [-0.25, -0.2) is 0 Å². The summed E-state index contributed by atoms with van der Waals surface area (Å²) in [4.78, 5) is 19.0. The van der Waals surface area contributed by atoms with Gasteiger partial charge in [0.1, 0.15) is 0 Å². The molecule has 2 aliphatic heterocycles. The second-order valence-corrected chi connectivity index (χ2v) is 9.73. The van der Waals surface area contributed by atoms with E-state index in [1.54, 1.807) is 18.2 Å². The summed E-state index contributed by atoms with van der Waals surface area (Å²) in [6.07, 6.45) is -6.66. The van der Waals surface area contributed by atoms with Gasteiger partial charge in [-0.05, 0) is 54.6 Å². The molecule has 0 bridgehead atoms. The van der Waals surface area contributed by atoms with Gasteiger partial charge in [0.2, 0.25) is 0 Å². The Balaban J connectivity index is 1.59. The van der Waals surface area contributed by atoms with Crippen LogP contribution in [0.3, 0.4) is 0 Å². The number of aryl methyl sites for hydroxylation is 1. The second kappa shape index (κ2) is 8.76. The Hall–Kier alpha value is -3.14. The third-order valence-corrected chi connectivity index (χ3v) is 7.33. The highest BCUT2D eigenvalue weighted by atomic mass is 16.5. The number of piperidine rings is 1. The van der Waals surface area contributed by atoms with Crippen LogP contribution in [-0.4, -0.2) is 61.0 Å². The molecule has 2 fully saturated rings. The molecule has 1 aromatic heterocycles. The minimum Gasteiger partial charge on any atom is -0.379 e. The number of aromatic nitrogens is 1. The van der Waals surface area contributed by atoms with E-state index in [1.807, 2.05) is 13.8 Å². The van der Waals surface area contributed by atoms with E-state index in [-0.39, 0.29) is 62.2 Å². The number of H-pyrrole nitrogens is 1. The van der Waals surface area contributed by atoms with E-state index in [0.29, 0.717) is 38.2 Å². The smallest absolute Gasteiger partial charge is 0.195 e. The van der Waals surface area contributed by atoms with Crippen molar-refractivity contribution in [3.05, 3.63) is 63.8 Å². The molecule has 6 rings (SSSR count). The molecule has 0 saturated carbocycles. The van der Waals surface area contributed by atoms with Crippen molar-refractivity contribution >= 4 is 22.4 Å². The quantitative estimate of drug-likeness (QED) is 0.570. The first-order chi connectivity index (χ1) is 21.3. The lowest BCUT2D eigenvalue weighted by molar-refractivity contribution is 0.0115. The van der Waals surface area contributed by atoms with Crippen LogP contribution < -0.4 is 4.90 Å². The van der Waals surface area contributed by atoms with Gasteiger partial charge in [0.15, 0.2) is 5.78 Å². The van der Waals surface area contributed by atoms with E-state index < -0.39 is 37.2 Å². The molecule has 0 spiro atoms. The second-order valence-electron chi connectivity index (χ2n) is 9.73. The SMILES string of the molecule is [2H]CCc1cc2c(cc1N1C([2H])([2H])C([2H])([2H])C([2H])(N3CCOCC3)C([2H])([2H])C1([2H])[2H])C(C)(C)c1[nH]c3cc(C#N)ccc3c1C2=O. The molecule has 0 atom stereocenters. The summed E-state index contributed by atoms with van der Waals surface area (Å²) in [6.45, 7) is -3.20. The number of nitriles is 1. The van der Waals surface area contributed by atoms with Gasteiger partial charge in [-0.1, -0.05) is 26.8 Å². The first-order valence-electron chi connectivity index (χ1n) is 17.2. The van der Waals surface area contributed by atoms with Gasteiger partial charge in [0.05, 0.1) is 30.4 Å². The summed E-state index contributed by atoms with van der Waals surface area (Å²) >= 11 is 0. The highest BCUT2D eigenvalue weighted by molar-refractivity contribution is 6.20. The van der Waals surface area contributed by atoms with Crippen molar-refractivity contribution in [2.75, 3.05) is 44.2 Å². The summed E-state index contributed by atoms with van der Waals surface area (Å²) < 4.78 is 95.3. The summed E-state index contributed by atoms with van der Waals surface area (Å²) in [7, 11) is 0. The van der Waals surface area contributed by atoms with Crippen LogP contribution in [-0.2, 0) is 16.6 Å². The van der Waals surface area contributed by atoms with Gasteiger partial charge in [-0.15, -0.1) is 0 Å². The lowest BCUT2D eigenvalue weighted by atomic mass is 9.70. The predicted molar refractivity (Wildman–Crippen MR) is 142 cm³/mol. The number of hydrogen-bond acceptors (Lipinski definition) is 5. The summed E-state index contributed by atoms with van der Waals surface area (Å²) in [5, 5.41) is 10.0. The molecule has 36 heavy (non-hydrogen) atoms. The van der Waals surface area contributed by atoms with Crippen molar-refractivity contribution in [3.8, 4) is 6.07 Å². The maximum atomic E-state index is 14.1. The van der Waals surface area contributed by atoms with Crippen molar-refractivity contribution in [1.82, 2.24) is 9.88 Å². The Labute approximate surface area is 226 Å². The number of anilines is 1. The maximum absolute atomic E-state index is 14.1. The van der Waals surface area contributed by atoms with E-state index in [9.17, 15) is 11.4 Å². The molecule has 0 radical (unpaired) electrons. The molecule has 6 heteroatoms. The molecule has 186 valence electrons. The number of morpholine rings is 1. The lowest BCUT2D eigenvalue weighted by Crippen LogP contribution is -2.49. The average molecular weight is 493 g/mol. The molecule has 6 nitrogen and oxygen atoms in total. The average Bonchev–Trinajstić information content (AvgIpc) is 3.40. The third-order valence-electron chi connectivity index (χ3n) is 7.33. The minimum atomic E-state index is -3.30. The fraction of sp³-hybridized carbons (Fsp3) is 0.467. The standard InChI is InChI=1S/C30H34N4O2/c1-4-20-16-23-24(17-26(20)34-9-7-21(8-10-34)33-11-13-36-14-12-33)30(2,3)29-27(28(23)35)22-6-5-19(18-31)15-25(22)32-29/h5-6,15-17,21,32H,4,7-14H2,1-3H3/i1D,7D2,8D2,9D2,10D2,21D. The van der Waals surface area contributed by atoms with Crippen LogP contribution in [0.5, 0.6) is 0 Å². The molecule has 2 saturated heterocycles. The van der Waals surface area contributed by atoms with E-state index in [1.165, 1.54) is 12.1 Å². The van der Waals surface area contributed by atoms with E-state index in [2.05, 4.69) is 11.1 Å². The van der Waals surface area contributed by atoms with E-state index >= 15 is 0 Å². The Morgan fingerprint density at radius 1 is 1.25 bits per heavy atom. The van der Waals surface area contributed by atoms with Crippen molar-refractivity contribution in [3.63, 3.8) is 0 Å². The van der Waals surface area contributed by atoms with E-state index in [0.717, 1.165) is 4.90 Å². The number of ketones is 1. The normalized spacial score (nSPS) is 30.8. The van der Waals surface area contributed by atoms with Crippen LogP contribution >= 0.6 is 0 Å². The fourth-order valence-corrected chi connectivity index (χ4v) is 5.33. The highest BCUT2D eigenvalue weighted by Gasteiger charge is 2.40. The zero-order valence-corrected chi connectivity index (χ0v) is 20.3. The van der Waals surface area contributed by atoms with Gasteiger partial charge in [-0.2, -0.15) is 5.26 Å². The molecule has 3 aliphatic rings. The minimum absolute atomic E-state index is 0.0532. The van der Waals surface area contributed by atoms with Gasteiger partial charge in [0.25, 0.3) is 0 Å².